The van der Waals surface area contributed by atoms with E-state index in [1.807, 2.05) is 17.5 Å². The van der Waals surface area contributed by atoms with Crippen LogP contribution in [0, 0.1) is 5.21 Å². The summed E-state index contributed by atoms with van der Waals surface area (Å²) in [6.07, 6.45) is 0. The topological polar surface area (TPSA) is 68.0 Å². The van der Waals surface area contributed by atoms with Gasteiger partial charge < -0.3 is 10.4 Å². The summed E-state index contributed by atoms with van der Waals surface area (Å²) in [5, 5.41) is 25.3. The maximum absolute atomic E-state index is 12.4. The molecule has 7 heteroatoms. The Balaban J connectivity index is 2.64. The number of nitrogens with zero attached hydrogens (tertiary/aromatic N) is 2. The Bertz CT molecular complexity index is 465. The molecule has 1 aliphatic rings. The average Bonchev–Trinajstić information content (AvgIpc) is 2.88. The normalized spacial score (nSPS) is 22.7. The highest BCUT2D eigenvalue weighted by Gasteiger charge is 2.65. The molecule has 18 heavy (non-hydrogen) atoms. The molecule has 1 aromatic rings. The molecule has 0 spiro atoms. The number of methoxy groups -OCH3 is 2. The van der Waals surface area contributed by atoms with Gasteiger partial charge in [0.15, 0.2) is 0 Å². The third-order valence-electron chi connectivity index (χ3n) is 3.12. The van der Waals surface area contributed by atoms with E-state index >= 15 is 0 Å². The van der Waals surface area contributed by atoms with Gasteiger partial charge in [-0.1, -0.05) is 11.1 Å². The summed E-state index contributed by atoms with van der Waals surface area (Å²) in [5.41, 5.74) is -0.512. The van der Waals surface area contributed by atoms with Gasteiger partial charge in [0, 0.05) is 14.2 Å². The highest BCUT2D eigenvalue weighted by atomic mass is 32.1. The SMILES string of the molecule is COC1(OC)N(O)C(C)(C)C(c2cccs2)=[N+]1[O-]. The molecule has 0 atom stereocenters. The van der Waals surface area contributed by atoms with E-state index in [2.05, 4.69) is 0 Å². The van der Waals surface area contributed by atoms with Crippen molar-refractivity contribution in [3.8, 4) is 0 Å². The highest BCUT2D eigenvalue weighted by Crippen LogP contribution is 2.37. The first kappa shape index (κ1) is 13.4. The molecule has 1 aromatic heterocycles. The van der Waals surface area contributed by atoms with Crippen LogP contribution in [0.15, 0.2) is 17.5 Å². The number of thiophene rings is 1. The lowest BCUT2D eigenvalue weighted by molar-refractivity contribution is -0.717. The Morgan fingerprint density at radius 1 is 1.39 bits per heavy atom. The van der Waals surface area contributed by atoms with Gasteiger partial charge in [0.2, 0.25) is 5.71 Å². The maximum atomic E-state index is 12.4. The Hall–Kier alpha value is -0.990. The van der Waals surface area contributed by atoms with E-state index in [4.69, 9.17) is 9.47 Å². The first-order chi connectivity index (χ1) is 8.41. The number of hydrogen-bond acceptors (Lipinski definition) is 6. The second-order valence-electron chi connectivity index (χ2n) is 4.45. The van der Waals surface area contributed by atoms with Crippen molar-refractivity contribution >= 4 is 17.0 Å². The van der Waals surface area contributed by atoms with Crippen LogP contribution in [0.25, 0.3) is 0 Å². The van der Waals surface area contributed by atoms with Crippen molar-refractivity contribution in [3.63, 3.8) is 0 Å². The van der Waals surface area contributed by atoms with E-state index in [9.17, 15) is 10.4 Å². The zero-order valence-corrected chi connectivity index (χ0v) is 11.5. The zero-order chi connectivity index (χ0) is 13.6. The van der Waals surface area contributed by atoms with Crippen molar-refractivity contribution < 1.29 is 19.4 Å². The van der Waals surface area contributed by atoms with Gasteiger partial charge in [-0.25, -0.2) is 0 Å². The van der Waals surface area contributed by atoms with Crippen molar-refractivity contribution in [2.75, 3.05) is 14.2 Å². The van der Waals surface area contributed by atoms with E-state index in [0.29, 0.717) is 10.5 Å². The summed E-state index contributed by atoms with van der Waals surface area (Å²) in [4.78, 5) is 0.769. The van der Waals surface area contributed by atoms with E-state index in [1.165, 1.54) is 25.6 Å². The Kier molecular flexibility index (Phi) is 3.20. The Morgan fingerprint density at radius 2 is 2.00 bits per heavy atom. The molecule has 1 N–H and O–H groups in total. The van der Waals surface area contributed by atoms with Crippen LogP contribution in [0.3, 0.4) is 0 Å². The van der Waals surface area contributed by atoms with Crippen molar-refractivity contribution in [1.29, 1.82) is 0 Å². The van der Waals surface area contributed by atoms with Gasteiger partial charge >= 0.3 is 6.03 Å². The molecule has 2 rings (SSSR count). The molecule has 0 saturated heterocycles. The zero-order valence-electron chi connectivity index (χ0n) is 10.7. The molecule has 1 aliphatic heterocycles. The quantitative estimate of drug-likeness (QED) is 0.512. The van der Waals surface area contributed by atoms with E-state index in [-0.39, 0.29) is 0 Å². The largest absolute Gasteiger partial charge is 0.618 e. The second-order valence-corrected chi connectivity index (χ2v) is 5.40. The molecule has 0 saturated carbocycles. The fraction of sp³-hybridized carbons (Fsp3) is 0.545. The van der Waals surface area contributed by atoms with Gasteiger partial charge in [-0.15, -0.1) is 16.1 Å². The van der Waals surface area contributed by atoms with Crippen LogP contribution in [0.5, 0.6) is 0 Å². The summed E-state index contributed by atoms with van der Waals surface area (Å²) < 4.78 is 10.7. The highest BCUT2D eigenvalue weighted by molar-refractivity contribution is 7.12. The third kappa shape index (κ3) is 1.52. The summed E-state index contributed by atoms with van der Waals surface area (Å²) in [6.45, 7) is 3.46. The van der Waals surface area contributed by atoms with Crippen LogP contribution < -0.4 is 0 Å². The Morgan fingerprint density at radius 3 is 2.39 bits per heavy atom. The molecular formula is C11H16N2O4S. The fourth-order valence-electron chi connectivity index (χ4n) is 2.17. The van der Waals surface area contributed by atoms with Crippen molar-refractivity contribution in [3.05, 3.63) is 27.6 Å². The van der Waals surface area contributed by atoms with Gasteiger partial charge in [-0.05, 0) is 25.3 Å². The van der Waals surface area contributed by atoms with Crippen molar-refractivity contribution in [2.24, 2.45) is 0 Å². The number of ether oxygens (including phenoxy) is 2. The predicted molar refractivity (Wildman–Crippen MR) is 66.5 cm³/mol. The van der Waals surface area contributed by atoms with E-state index < -0.39 is 11.6 Å². The first-order valence-electron chi connectivity index (χ1n) is 5.40. The van der Waals surface area contributed by atoms with Gasteiger partial charge in [-0.2, -0.15) is 0 Å². The molecular weight excluding hydrogens is 256 g/mol. The number of hydroxylamine groups is 3. The van der Waals surface area contributed by atoms with Crippen molar-refractivity contribution in [1.82, 2.24) is 5.06 Å². The van der Waals surface area contributed by atoms with Gasteiger partial charge in [0.05, 0.1) is 4.88 Å². The molecule has 0 fully saturated rings. The molecule has 2 heterocycles. The van der Waals surface area contributed by atoms with Gasteiger partial charge in [-0.3, -0.25) is 9.47 Å². The van der Waals surface area contributed by atoms with Crippen LogP contribution in [-0.4, -0.2) is 46.5 Å². The third-order valence-corrected chi connectivity index (χ3v) is 4.00. The summed E-state index contributed by atoms with van der Waals surface area (Å²) in [7, 11) is 2.62. The minimum Gasteiger partial charge on any atom is -0.618 e. The van der Waals surface area contributed by atoms with Crippen molar-refractivity contribution in [2.45, 2.75) is 25.4 Å². The number of rotatable bonds is 3. The molecule has 0 amide bonds. The molecule has 100 valence electrons. The molecule has 0 bridgehead atoms. The van der Waals surface area contributed by atoms with Crippen LogP contribution in [0.2, 0.25) is 0 Å². The monoisotopic (exact) mass is 272 g/mol. The molecule has 6 nitrogen and oxygen atoms in total. The molecule has 0 unspecified atom stereocenters. The smallest absolute Gasteiger partial charge is 0.492 e. The fourth-order valence-corrected chi connectivity index (χ4v) is 3.07. The van der Waals surface area contributed by atoms with E-state index in [0.717, 1.165) is 9.94 Å². The standard InChI is InChI=1S/C11H16N2O4S/c1-10(2)9(8-6-5-7-18-8)12(14)11(16-3,17-4)13(10)15/h5-7,15H,1-4H3. The molecule has 0 aliphatic carbocycles. The first-order valence-corrected chi connectivity index (χ1v) is 6.28. The van der Waals surface area contributed by atoms with Gasteiger partial charge in [0.1, 0.15) is 5.54 Å². The second kappa shape index (κ2) is 4.29. The summed E-state index contributed by atoms with van der Waals surface area (Å²) >= 11 is 1.42. The van der Waals surface area contributed by atoms with Crippen LogP contribution in [0.4, 0.5) is 0 Å². The lowest BCUT2D eigenvalue weighted by Crippen LogP contribution is -2.57. The van der Waals surface area contributed by atoms with Gasteiger partial charge in [0.25, 0.3) is 0 Å². The van der Waals surface area contributed by atoms with E-state index in [1.54, 1.807) is 13.8 Å². The molecule has 0 aromatic carbocycles. The summed E-state index contributed by atoms with van der Waals surface area (Å²) in [6, 6.07) is 1.82. The maximum Gasteiger partial charge on any atom is 0.492 e. The average molecular weight is 272 g/mol. The Labute approximate surface area is 109 Å². The van der Waals surface area contributed by atoms with Crippen LogP contribution in [0.1, 0.15) is 18.7 Å². The minimum absolute atomic E-state index is 0.406. The lowest BCUT2D eigenvalue weighted by Gasteiger charge is -2.31. The summed E-state index contributed by atoms with van der Waals surface area (Å²) in [5.74, 6) is 0. The van der Waals surface area contributed by atoms with Crippen LogP contribution >= 0.6 is 11.3 Å². The molecule has 0 radical (unpaired) electrons. The van der Waals surface area contributed by atoms with Crippen LogP contribution in [-0.2, 0) is 9.47 Å². The lowest BCUT2D eigenvalue weighted by atomic mass is 9.98. The minimum atomic E-state index is -1.84. The number of hydrogen-bond donors (Lipinski definition) is 1. The predicted octanol–water partition coefficient (Wildman–Crippen LogP) is 1.43.